The molecule has 0 spiro atoms. The van der Waals surface area contributed by atoms with Crippen LogP contribution in [0.2, 0.25) is 0 Å². The lowest BCUT2D eigenvalue weighted by atomic mass is 10.1. The molecule has 154 valence electrons. The van der Waals surface area contributed by atoms with Crippen LogP contribution in [0, 0.1) is 0 Å². The second-order valence-corrected chi connectivity index (χ2v) is 6.20. The van der Waals surface area contributed by atoms with Gasteiger partial charge in [0.2, 0.25) is 0 Å². The summed E-state index contributed by atoms with van der Waals surface area (Å²) in [6.07, 6.45) is 1.88. The van der Waals surface area contributed by atoms with Gasteiger partial charge in [0, 0.05) is 19.0 Å². The van der Waals surface area contributed by atoms with E-state index in [0.29, 0.717) is 17.9 Å². The lowest BCUT2D eigenvalue weighted by Crippen LogP contribution is -2.43. The van der Waals surface area contributed by atoms with Crippen LogP contribution < -0.4 is 15.4 Å². The number of hydrogen-bond acceptors (Lipinski definition) is 6. The molecule has 0 saturated carbocycles. The molecular formula is C20H28N2O6. The number of nitrogens with one attached hydrogen (secondary N) is 2. The van der Waals surface area contributed by atoms with Crippen LogP contribution in [0.1, 0.15) is 56.3 Å². The van der Waals surface area contributed by atoms with Gasteiger partial charge in [-0.3, -0.25) is 19.7 Å². The molecule has 0 aliphatic carbocycles. The van der Waals surface area contributed by atoms with Crippen LogP contribution in [-0.2, 0) is 14.3 Å². The van der Waals surface area contributed by atoms with Gasteiger partial charge in [0.25, 0.3) is 5.91 Å². The normalized spacial score (nSPS) is 11.2. The molecule has 0 aromatic heterocycles. The molecule has 0 heterocycles. The van der Waals surface area contributed by atoms with Crippen LogP contribution in [0.15, 0.2) is 24.3 Å². The van der Waals surface area contributed by atoms with Crippen molar-refractivity contribution < 1.29 is 28.7 Å². The average Bonchev–Trinajstić information content (AvgIpc) is 2.69. The van der Waals surface area contributed by atoms with Crippen molar-refractivity contribution in [1.82, 2.24) is 10.6 Å². The molecule has 0 fully saturated rings. The summed E-state index contributed by atoms with van der Waals surface area (Å²) >= 11 is 0. The molecule has 8 nitrogen and oxygen atoms in total. The first-order valence-electron chi connectivity index (χ1n) is 9.35. The molecule has 0 bridgehead atoms. The van der Waals surface area contributed by atoms with Gasteiger partial charge in [0.1, 0.15) is 5.75 Å². The molecule has 8 heteroatoms. The number of benzene rings is 1. The summed E-state index contributed by atoms with van der Waals surface area (Å²) in [5.74, 6) is -0.947. The highest BCUT2D eigenvalue weighted by molar-refractivity contribution is 5.98. The highest BCUT2D eigenvalue weighted by Crippen LogP contribution is 2.15. The number of ether oxygens (including phenoxy) is 2. The standard InChI is InChI=1S/C20H28N2O6/c1-4-5-6-13-27-16-9-7-15(8-10-16)17(23)11-12-18(24)28-14(2)19(25)22-20(26)21-3/h7-10,14H,4-6,11-13H2,1-3H3,(H2,21,22,25,26)/t14-/m0/s1. The third kappa shape index (κ3) is 8.66. The first-order chi connectivity index (χ1) is 13.4. The molecule has 0 unspecified atom stereocenters. The highest BCUT2D eigenvalue weighted by atomic mass is 16.5. The van der Waals surface area contributed by atoms with Gasteiger partial charge < -0.3 is 14.8 Å². The van der Waals surface area contributed by atoms with Gasteiger partial charge in [-0.05, 0) is 37.6 Å². The molecule has 0 aliphatic heterocycles. The van der Waals surface area contributed by atoms with E-state index in [1.165, 1.54) is 14.0 Å². The number of ketones is 1. The highest BCUT2D eigenvalue weighted by Gasteiger charge is 2.20. The smallest absolute Gasteiger partial charge is 0.321 e. The number of Topliss-reactive ketones (excluding diaryl/α,β-unsaturated/α-hetero) is 1. The third-order valence-corrected chi connectivity index (χ3v) is 3.89. The van der Waals surface area contributed by atoms with Crippen molar-refractivity contribution in [2.45, 2.75) is 52.1 Å². The zero-order valence-corrected chi connectivity index (χ0v) is 16.6. The number of amides is 3. The zero-order chi connectivity index (χ0) is 20.9. The van der Waals surface area contributed by atoms with E-state index in [9.17, 15) is 19.2 Å². The first-order valence-corrected chi connectivity index (χ1v) is 9.35. The third-order valence-electron chi connectivity index (χ3n) is 3.89. The number of esters is 1. The van der Waals surface area contributed by atoms with Gasteiger partial charge in [0.05, 0.1) is 13.0 Å². The molecule has 1 aromatic rings. The SMILES string of the molecule is CCCCCOc1ccc(C(=O)CCC(=O)O[C@@H](C)C(=O)NC(=O)NC)cc1. The van der Waals surface area contributed by atoms with Crippen molar-refractivity contribution in [3.05, 3.63) is 29.8 Å². The van der Waals surface area contributed by atoms with Gasteiger partial charge >= 0.3 is 12.0 Å². The van der Waals surface area contributed by atoms with Crippen molar-refractivity contribution in [3.63, 3.8) is 0 Å². The Labute approximate surface area is 165 Å². The van der Waals surface area contributed by atoms with E-state index in [1.54, 1.807) is 24.3 Å². The Balaban J connectivity index is 2.39. The van der Waals surface area contributed by atoms with Gasteiger partial charge in [0.15, 0.2) is 11.9 Å². The number of carbonyl (C=O) groups is 4. The second-order valence-electron chi connectivity index (χ2n) is 6.20. The summed E-state index contributed by atoms with van der Waals surface area (Å²) < 4.78 is 10.5. The fourth-order valence-corrected chi connectivity index (χ4v) is 2.22. The molecule has 1 aromatic carbocycles. The largest absolute Gasteiger partial charge is 0.494 e. The maximum Gasteiger partial charge on any atom is 0.321 e. The number of rotatable bonds is 11. The lowest BCUT2D eigenvalue weighted by Gasteiger charge is -2.12. The lowest BCUT2D eigenvalue weighted by molar-refractivity contribution is -0.154. The van der Waals surface area contributed by atoms with Gasteiger partial charge in [-0.15, -0.1) is 0 Å². The van der Waals surface area contributed by atoms with Crippen LogP contribution in [0.4, 0.5) is 4.79 Å². The summed E-state index contributed by atoms with van der Waals surface area (Å²) in [7, 11) is 1.36. The molecule has 1 atom stereocenters. The van der Waals surface area contributed by atoms with Crippen molar-refractivity contribution in [3.8, 4) is 5.75 Å². The number of imide groups is 1. The number of urea groups is 1. The minimum absolute atomic E-state index is 0.0423. The van der Waals surface area contributed by atoms with Gasteiger partial charge in [-0.2, -0.15) is 0 Å². The van der Waals surface area contributed by atoms with Crippen LogP contribution in [0.3, 0.4) is 0 Å². The monoisotopic (exact) mass is 392 g/mol. The van der Waals surface area contributed by atoms with Crippen LogP contribution in [-0.4, -0.2) is 43.4 Å². The summed E-state index contributed by atoms with van der Waals surface area (Å²) in [6.45, 7) is 4.10. The van der Waals surface area contributed by atoms with Crippen LogP contribution in [0.25, 0.3) is 0 Å². The maximum atomic E-state index is 12.2. The Kier molecular flexibility index (Phi) is 10.3. The van der Waals surface area contributed by atoms with Crippen molar-refractivity contribution in [2.75, 3.05) is 13.7 Å². The van der Waals surface area contributed by atoms with E-state index >= 15 is 0 Å². The molecule has 0 radical (unpaired) electrons. The topological polar surface area (TPSA) is 111 Å². The van der Waals surface area contributed by atoms with Crippen molar-refractivity contribution in [2.24, 2.45) is 0 Å². The quantitative estimate of drug-likeness (QED) is 0.340. The fraction of sp³-hybridized carbons (Fsp3) is 0.500. The van der Waals surface area contributed by atoms with Crippen LogP contribution in [0.5, 0.6) is 5.75 Å². The van der Waals surface area contributed by atoms with Gasteiger partial charge in [-0.25, -0.2) is 4.79 Å². The Morgan fingerprint density at radius 1 is 1.04 bits per heavy atom. The molecular weight excluding hydrogens is 364 g/mol. The minimum atomic E-state index is -1.14. The van der Waals surface area contributed by atoms with Gasteiger partial charge in [-0.1, -0.05) is 19.8 Å². The summed E-state index contributed by atoms with van der Waals surface area (Å²) in [5.41, 5.74) is 0.471. The van der Waals surface area contributed by atoms with E-state index in [4.69, 9.17) is 9.47 Å². The van der Waals surface area contributed by atoms with Crippen molar-refractivity contribution >= 4 is 23.7 Å². The minimum Gasteiger partial charge on any atom is -0.494 e. The van der Waals surface area contributed by atoms with Crippen LogP contribution >= 0.6 is 0 Å². The summed E-state index contributed by atoms with van der Waals surface area (Å²) in [5, 5.41) is 4.23. The summed E-state index contributed by atoms with van der Waals surface area (Å²) in [6, 6.07) is 6.07. The number of unbranched alkanes of at least 4 members (excludes halogenated alkanes) is 2. The predicted molar refractivity (Wildman–Crippen MR) is 103 cm³/mol. The molecule has 2 N–H and O–H groups in total. The van der Waals surface area contributed by atoms with E-state index < -0.39 is 24.0 Å². The maximum absolute atomic E-state index is 12.2. The molecule has 3 amide bonds. The molecule has 1 rings (SSSR count). The zero-order valence-electron chi connectivity index (χ0n) is 16.6. The predicted octanol–water partition coefficient (Wildman–Crippen LogP) is 2.61. The Bertz CT molecular complexity index is 672. The number of carbonyl (C=O) groups excluding carboxylic acids is 4. The Morgan fingerprint density at radius 2 is 1.71 bits per heavy atom. The fourth-order valence-electron chi connectivity index (χ4n) is 2.22. The Morgan fingerprint density at radius 3 is 2.32 bits per heavy atom. The van der Waals surface area contributed by atoms with E-state index in [1.807, 2.05) is 5.32 Å². The number of hydrogen-bond donors (Lipinski definition) is 2. The molecule has 0 aliphatic rings. The molecule has 28 heavy (non-hydrogen) atoms. The Hall–Kier alpha value is -2.90. The molecule has 0 saturated heterocycles. The van der Waals surface area contributed by atoms with Crippen molar-refractivity contribution in [1.29, 1.82) is 0 Å². The van der Waals surface area contributed by atoms with E-state index in [-0.39, 0.29) is 18.6 Å². The average molecular weight is 392 g/mol. The van der Waals surface area contributed by atoms with E-state index in [0.717, 1.165) is 19.3 Å². The summed E-state index contributed by atoms with van der Waals surface area (Å²) in [4.78, 5) is 46.7. The first kappa shape index (κ1) is 23.1. The van der Waals surface area contributed by atoms with E-state index in [2.05, 4.69) is 12.2 Å². The second kappa shape index (κ2) is 12.5.